The number of carbonyl (C=O) groups excluding carboxylic acids is 3. The molecule has 0 spiro atoms. The average Bonchev–Trinajstić information content (AvgIpc) is 3.29. The van der Waals surface area contributed by atoms with Crippen LogP contribution in [0.15, 0.2) is 60.8 Å². The molecule has 7 heteroatoms. The van der Waals surface area contributed by atoms with E-state index in [0.717, 1.165) is 16.5 Å². The Kier molecular flexibility index (Phi) is 5.29. The number of aromatic nitrogens is 1. The van der Waals surface area contributed by atoms with E-state index < -0.39 is 12.1 Å². The van der Waals surface area contributed by atoms with Gasteiger partial charge in [0.25, 0.3) is 5.91 Å². The summed E-state index contributed by atoms with van der Waals surface area (Å²) in [4.78, 5) is 41.3. The smallest absolute Gasteiger partial charge is 0.324 e. The zero-order valence-corrected chi connectivity index (χ0v) is 15.9. The summed E-state index contributed by atoms with van der Waals surface area (Å²) >= 11 is 0. The van der Waals surface area contributed by atoms with Crippen molar-refractivity contribution >= 4 is 34.4 Å². The Morgan fingerprint density at radius 2 is 1.90 bits per heavy atom. The van der Waals surface area contributed by atoms with Crippen LogP contribution in [-0.4, -0.2) is 40.3 Å². The summed E-state index contributed by atoms with van der Waals surface area (Å²) in [6, 6.07) is 16.2. The highest BCUT2D eigenvalue weighted by atomic mass is 16.2. The molecule has 0 bridgehead atoms. The van der Waals surface area contributed by atoms with Gasteiger partial charge in [0.2, 0.25) is 5.91 Å². The average molecular weight is 390 g/mol. The van der Waals surface area contributed by atoms with E-state index in [1.807, 2.05) is 60.8 Å². The van der Waals surface area contributed by atoms with Gasteiger partial charge in [-0.25, -0.2) is 4.79 Å². The number of urea groups is 1. The molecule has 4 rings (SSSR count). The number of hydrogen-bond donors (Lipinski definition) is 3. The first-order chi connectivity index (χ1) is 14.1. The number of H-pyrrole nitrogens is 1. The number of nitrogens with zero attached hydrogens (tertiary/aromatic N) is 1. The number of aromatic amines is 1. The molecule has 3 N–H and O–H groups in total. The summed E-state index contributed by atoms with van der Waals surface area (Å²) in [6.45, 7) is 0.327. The lowest BCUT2D eigenvalue weighted by molar-refractivity contribution is -0.127. The molecule has 4 amide bonds. The Morgan fingerprint density at radius 1 is 1.07 bits per heavy atom. The molecule has 0 saturated carbocycles. The van der Waals surface area contributed by atoms with Crippen LogP contribution in [0.5, 0.6) is 0 Å². The van der Waals surface area contributed by atoms with Crippen LogP contribution in [-0.2, 0) is 16.0 Å². The fraction of sp³-hybridized carbons (Fsp3) is 0.227. The number of carbonyl (C=O) groups is 3. The number of anilines is 1. The maximum absolute atomic E-state index is 12.5. The summed E-state index contributed by atoms with van der Waals surface area (Å²) in [5.74, 6) is -0.466. The van der Waals surface area contributed by atoms with Crippen LogP contribution < -0.4 is 10.6 Å². The van der Waals surface area contributed by atoms with Crippen molar-refractivity contribution in [3.63, 3.8) is 0 Å². The van der Waals surface area contributed by atoms with Gasteiger partial charge in [0, 0.05) is 30.4 Å². The molecular formula is C22H22N4O3. The summed E-state index contributed by atoms with van der Waals surface area (Å²) in [5, 5.41) is 6.59. The number of benzene rings is 2. The lowest BCUT2D eigenvalue weighted by Gasteiger charge is -2.13. The van der Waals surface area contributed by atoms with E-state index in [1.54, 1.807) is 0 Å². The van der Waals surface area contributed by atoms with Crippen molar-refractivity contribution in [3.8, 4) is 0 Å². The quantitative estimate of drug-likeness (QED) is 0.541. The predicted octanol–water partition coefficient (Wildman–Crippen LogP) is 3.05. The molecule has 1 aromatic heterocycles. The maximum Gasteiger partial charge on any atom is 0.324 e. The molecule has 0 radical (unpaired) electrons. The summed E-state index contributed by atoms with van der Waals surface area (Å²) in [5.41, 5.74) is 2.70. The van der Waals surface area contributed by atoms with Crippen LogP contribution >= 0.6 is 0 Å². The first-order valence-corrected chi connectivity index (χ1v) is 9.63. The fourth-order valence-corrected chi connectivity index (χ4v) is 3.49. The highest BCUT2D eigenvalue weighted by Crippen LogP contribution is 2.18. The monoisotopic (exact) mass is 390 g/mol. The Hall–Kier alpha value is -3.61. The third-order valence-corrected chi connectivity index (χ3v) is 5.07. The van der Waals surface area contributed by atoms with Gasteiger partial charge in [0.05, 0.1) is 0 Å². The normalized spacial score (nSPS) is 16.3. The molecule has 3 aromatic rings. The Morgan fingerprint density at radius 3 is 2.72 bits per heavy atom. The second-order valence-electron chi connectivity index (χ2n) is 7.09. The standard InChI is InChI=1S/C22H22N4O3/c27-20(24-17-7-6-16-10-12-23-19(16)14-17)9-8-18-21(28)26(22(29)25-18)13-11-15-4-2-1-3-5-15/h1-7,10,12,14,18,23H,8-9,11,13H2,(H,24,27)(H,25,29). The lowest BCUT2D eigenvalue weighted by atomic mass is 10.1. The minimum Gasteiger partial charge on any atom is -0.361 e. The van der Waals surface area contributed by atoms with Crippen molar-refractivity contribution in [2.24, 2.45) is 0 Å². The van der Waals surface area contributed by atoms with E-state index in [-0.39, 0.29) is 24.7 Å². The minimum atomic E-state index is -0.657. The largest absolute Gasteiger partial charge is 0.361 e. The Bertz CT molecular complexity index is 1040. The van der Waals surface area contributed by atoms with Gasteiger partial charge in [0.1, 0.15) is 6.04 Å². The number of imide groups is 1. The van der Waals surface area contributed by atoms with Gasteiger partial charge in [-0.15, -0.1) is 0 Å². The third kappa shape index (κ3) is 4.29. The van der Waals surface area contributed by atoms with E-state index >= 15 is 0 Å². The minimum absolute atomic E-state index is 0.145. The zero-order chi connectivity index (χ0) is 20.2. The van der Waals surface area contributed by atoms with E-state index in [0.29, 0.717) is 18.7 Å². The number of fused-ring (bicyclic) bond motifs is 1. The van der Waals surface area contributed by atoms with Crippen molar-refractivity contribution < 1.29 is 14.4 Å². The summed E-state index contributed by atoms with van der Waals surface area (Å²) < 4.78 is 0. The summed E-state index contributed by atoms with van der Waals surface area (Å²) in [6.07, 6.45) is 2.86. The third-order valence-electron chi connectivity index (χ3n) is 5.07. The molecule has 2 heterocycles. The Labute approximate surface area is 168 Å². The molecule has 1 unspecified atom stereocenters. The fourth-order valence-electron chi connectivity index (χ4n) is 3.49. The van der Waals surface area contributed by atoms with Crippen LogP contribution in [0.3, 0.4) is 0 Å². The first-order valence-electron chi connectivity index (χ1n) is 9.63. The van der Waals surface area contributed by atoms with Crippen LogP contribution in [0, 0.1) is 0 Å². The second kappa shape index (κ2) is 8.18. The molecule has 1 aliphatic heterocycles. The van der Waals surface area contributed by atoms with Crippen LogP contribution in [0.2, 0.25) is 0 Å². The van der Waals surface area contributed by atoms with E-state index in [1.165, 1.54) is 4.90 Å². The SMILES string of the molecule is O=C(CCC1NC(=O)N(CCc2ccccc2)C1=O)Nc1ccc2cc[nH]c2c1. The van der Waals surface area contributed by atoms with Crippen LogP contribution in [0.25, 0.3) is 10.9 Å². The maximum atomic E-state index is 12.5. The van der Waals surface area contributed by atoms with Crippen molar-refractivity contribution in [2.45, 2.75) is 25.3 Å². The van der Waals surface area contributed by atoms with Gasteiger partial charge >= 0.3 is 6.03 Å². The first kappa shape index (κ1) is 18.7. The van der Waals surface area contributed by atoms with Gasteiger partial charge < -0.3 is 15.6 Å². The van der Waals surface area contributed by atoms with Crippen molar-refractivity contribution in [2.75, 3.05) is 11.9 Å². The Balaban J connectivity index is 1.28. The molecule has 1 aliphatic rings. The van der Waals surface area contributed by atoms with Crippen molar-refractivity contribution in [1.29, 1.82) is 0 Å². The van der Waals surface area contributed by atoms with Gasteiger partial charge in [-0.2, -0.15) is 0 Å². The molecule has 148 valence electrons. The number of rotatable bonds is 7. The lowest BCUT2D eigenvalue weighted by Crippen LogP contribution is -2.33. The van der Waals surface area contributed by atoms with E-state index in [9.17, 15) is 14.4 Å². The van der Waals surface area contributed by atoms with Crippen molar-refractivity contribution in [1.82, 2.24) is 15.2 Å². The molecule has 29 heavy (non-hydrogen) atoms. The van der Waals surface area contributed by atoms with Gasteiger partial charge in [-0.3, -0.25) is 14.5 Å². The molecule has 2 aromatic carbocycles. The molecule has 7 nitrogen and oxygen atoms in total. The molecule has 1 atom stereocenters. The highest BCUT2D eigenvalue weighted by Gasteiger charge is 2.37. The van der Waals surface area contributed by atoms with Gasteiger partial charge in [0.15, 0.2) is 0 Å². The number of hydrogen-bond acceptors (Lipinski definition) is 3. The number of nitrogens with one attached hydrogen (secondary N) is 3. The topological polar surface area (TPSA) is 94.3 Å². The van der Waals surface area contributed by atoms with Crippen molar-refractivity contribution in [3.05, 3.63) is 66.4 Å². The highest BCUT2D eigenvalue weighted by molar-refractivity contribution is 6.04. The van der Waals surface area contributed by atoms with Gasteiger partial charge in [-0.1, -0.05) is 36.4 Å². The molecule has 1 fully saturated rings. The predicted molar refractivity (Wildman–Crippen MR) is 110 cm³/mol. The van der Waals surface area contributed by atoms with Crippen LogP contribution in [0.4, 0.5) is 10.5 Å². The van der Waals surface area contributed by atoms with E-state index in [2.05, 4.69) is 15.6 Å². The van der Waals surface area contributed by atoms with E-state index in [4.69, 9.17) is 0 Å². The summed E-state index contributed by atoms with van der Waals surface area (Å²) in [7, 11) is 0. The van der Waals surface area contributed by atoms with Crippen LogP contribution in [0.1, 0.15) is 18.4 Å². The molecular weight excluding hydrogens is 368 g/mol. The zero-order valence-electron chi connectivity index (χ0n) is 15.9. The number of amides is 4. The molecule has 0 aliphatic carbocycles. The molecule has 1 saturated heterocycles. The van der Waals surface area contributed by atoms with Gasteiger partial charge in [-0.05, 0) is 42.0 Å². The second-order valence-corrected chi connectivity index (χ2v) is 7.09.